The van der Waals surface area contributed by atoms with E-state index in [0.29, 0.717) is 5.56 Å². The number of carbonyl (C=O) groups is 1. The second-order valence-electron chi connectivity index (χ2n) is 10.1. The van der Waals surface area contributed by atoms with Crippen LogP contribution in [0.4, 0.5) is 17.1 Å². The smallest absolute Gasteiger partial charge is 0.255 e. The summed E-state index contributed by atoms with van der Waals surface area (Å²) in [5.41, 5.74) is 5.95. The number of nitrogens with one attached hydrogen (secondary N) is 3. The minimum atomic E-state index is -0.0977. The predicted molar refractivity (Wildman–Crippen MR) is 150 cm³/mol. The lowest BCUT2D eigenvalue weighted by atomic mass is 10.1. The molecule has 0 radical (unpaired) electrons. The molecular weight excluding hydrogens is 462 g/mol. The van der Waals surface area contributed by atoms with Crippen molar-refractivity contribution in [1.29, 1.82) is 0 Å². The van der Waals surface area contributed by atoms with Crippen LogP contribution in [0.15, 0.2) is 67.0 Å². The number of nitrogens with zero attached hydrogens (tertiary/aromatic N) is 4. The maximum Gasteiger partial charge on any atom is 0.255 e. The van der Waals surface area contributed by atoms with E-state index in [1.807, 2.05) is 42.6 Å². The third-order valence-electron chi connectivity index (χ3n) is 7.23. The van der Waals surface area contributed by atoms with Crippen LogP contribution in [0, 0.1) is 6.92 Å². The molecule has 1 atom stereocenters. The Bertz CT molecular complexity index is 1180. The van der Waals surface area contributed by atoms with Gasteiger partial charge in [0, 0.05) is 68.9 Å². The van der Waals surface area contributed by atoms with E-state index in [9.17, 15) is 4.79 Å². The van der Waals surface area contributed by atoms with Crippen molar-refractivity contribution in [2.45, 2.75) is 19.6 Å². The molecule has 0 spiro atoms. The number of anilines is 3. The quantitative estimate of drug-likeness (QED) is 0.461. The molecule has 1 amide bonds. The Morgan fingerprint density at radius 2 is 1.86 bits per heavy atom. The summed E-state index contributed by atoms with van der Waals surface area (Å²) in [6, 6.07) is 18.1. The molecule has 2 saturated heterocycles. The predicted octanol–water partition coefficient (Wildman–Crippen LogP) is 3.24. The van der Waals surface area contributed by atoms with Crippen LogP contribution < -0.4 is 20.9 Å². The van der Waals surface area contributed by atoms with E-state index in [0.717, 1.165) is 75.0 Å². The number of aryl methyl sites for hydroxylation is 1. The van der Waals surface area contributed by atoms with Crippen molar-refractivity contribution in [3.63, 3.8) is 0 Å². The fraction of sp³-hybridized carbons (Fsp3) is 0.379. The summed E-state index contributed by atoms with van der Waals surface area (Å²) < 4.78 is 0. The number of hydrogen-bond acceptors (Lipinski definition) is 7. The van der Waals surface area contributed by atoms with E-state index in [4.69, 9.17) is 0 Å². The average Bonchev–Trinajstić information content (AvgIpc) is 2.93. The summed E-state index contributed by atoms with van der Waals surface area (Å²) in [6.45, 7) is 10.0. The lowest BCUT2D eigenvalue weighted by molar-refractivity contribution is 0.102. The normalized spacial score (nSPS) is 19.0. The number of piperazine rings is 2. The van der Waals surface area contributed by atoms with Crippen LogP contribution in [0.25, 0.3) is 0 Å². The minimum absolute atomic E-state index is 0.0893. The number of aromatic nitrogens is 1. The van der Waals surface area contributed by atoms with Gasteiger partial charge in [0.15, 0.2) is 0 Å². The van der Waals surface area contributed by atoms with Gasteiger partial charge in [-0.3, -0.25) is 20.0 Å². The van der Waals surface area contributed by atoms with Gasteiger partial charge in [-0.2, -0.15) is 0 Å². The average molecular weight is 500 g/mol. The number of amides is 1. The third-order valence-corrected chi connectivity index (χ3v) is 7.23. The first-order valence-electron chi connectivity index (χ1n) is 13.1. The van der Waals surface area contributed by atoms with Gasteiger partial charge in [0.25, 0.3) is 5.91 Å². The van der Waals surface area contributed by atoms with Crippen LogP contribution >= 0.6 is 0 Å². The maximum atomic E-state index is 13.0. The van der Waals surface area contributed by atoms with E-state index in [-0.39, 0.29) is 12.1 Å². The molecule has 2 fully saturated rings. The highest BCUT2D eigenvalue weighted by Gasteiger charge is 2.20. The Balaban J connectivity index is 1.18. The second-order valence-corrected chi connectivity index (χ2v) is 10.1. The van der Waals surface area contributed by atoms with Crippen LogP contribution in [-0.4, -0.2) is 79.7 Å². The summed E-state index contributed by atoms with van der Waals surface area (Å²) in [4.78, 5) is 24.4. The number of hydrogen-bond donors (Lipinski definition) is 3. The molecule has 3 heterocycles. The highest BCUT2D eigenvalue weighted by atomic mass is 16.1. The van der Waals surface area contributed by atoms with E-state index in [2.05, 4.69) is 67.8 Å². The van der Waals surface area contributed by atoms with E-state index >= 15 is 0 Å². The first kappa shape index (κ1) is 25.2. The molecule has 2 aliphatic rings. The summed E-state index contributed by atoms with van der Waals surface area (Å²) in [7, 11) is 2.17. The fourth-order valence-corrected chi connectivity index (χ4v) is 4.89. The van der Waals surface area contributed by atoms with Crippen molar-refractivity contribution >= 4 is 23.0 Å². The lowest BCUT2D eigenvalue weighted by Gasteiger charge is -2.36. The van der Waals surface area contributed by atoms with Crippen LogP contribution in [-0.2, 0) is 6.54 Å². The molecule has 3 aromatic rings. The number of rotatable bonds is 7. The van der Waals surface area contributed by atoms with Gasteiger partial charge < -0.3 is 20.4 Å². The maximum absolute atomic E-state index is 13.0. The number of benzene rings is 2. The van der Waals surface area contributed by atoms with Gasteiger partial charge in [0.1, 0.15) is 0 Å². The van der Waals surface area contributed by atoms with Gasteiger partial charge in [0.05, 0.1) is 24.6 Å². The van der Waals surface area contributed by atoms with Gasteiger partial charge in [0.2, 0.25) is 0 Å². The van der Waals surface area contributed by atoms with E-state index in [1.54, 1.807) is 6.20 Å². The van der Waals surface area contributed by atoms with Crippen molar-refractivity contribution in [3.8, 4) is 0 Å². The van der Waals surface area contributed by atoms with Gasteiger partial charge in [-0.15, -0.1) is 0 Å². The van der Waals surface area contributed by atoms with E-state index in [1.165, 1.54) is 5.56 Å². The lowest BCUT2D eigenvalue weighted by Crippen LogP contribution is -2.54. The van der Waals surface area contributed by atoms with Crippen molar-refractivity contribution in [3.05, 3.63) is 83.7 Å². The molecule has 37 heavy (non-hydrogen) atoms. The van der Waals surface area contributed by atoms with Crippen LogP contribution in [0.1, 0.15) is 21.5 Å². The molecule has 8 nitrogen and oxygen atoms in total. The number of carbonyl (C=O) groups excluding carboxylic acids is 1. The second kappa shape index (κ2) is 11.7. The molecule has 8 heteroatoms. The summed E-state index contributed by atoms with van der Waals surface area (Å²) >= 11 is 0. The summed E-state index contributed by atoms with van der Waals surface area (Å²) in [5.74, 6) is -0.0977. The minimum Gasteiger partial charge on any atom is -0.368 e. The van der Waals surface area contributed by atoms with Crippen LogP contribution in [0.5, 0.6) is 0 Å². The SMILES string of the molecule is Cc1ccc(NC(=O)c2ccc(CN3CCN(C)CC3)cc2)cc1NC1CN(c2cccnc2)CCN1. The van der Waals surface area contributed by atoms with Crippen LogP contribution in [0.2, 0.25) is 0 Å². The molecular formula is C29H37N7O. The Labute approximate surface area is 219 Å². The van der Waals surface area contributed by atoms with Crippen molar-refractivity contribution in [1.82, 2.24) is 20.1 Å². The highest BCUT2D eigenvalue weighted by Crippen LogP contribution is 2.23. The molecule has 2 aromatic carbocycles. The zero-order valence-corrected chi connectivity index (χ0v) is 21.8. The Hall–Kier alpha value is -3.46. The Morgan fingerprint density at radius 1 is 1.05 bits per heavy atom. The first-order valence-corrected chi connectivity index (χ1v) is 13.1. The van der Waals surface area contributed by atoms with Gasteiger partial charge in [-0.25, -0.2) is 0 Å². The Kier molecular flexibility index (Phi) is 7.99. The molecule has 0 bridgehead atoms. The molecule has 1 aromatic heterocycles. The highest BCUT2D eigenvalue weighted by molar-refractivity contribution is 6.04. The monoisotopic (exact) mass is 499 g/mol. The molecule has 2 aliphatic heterocycles. The standard InChI is InChI=1S/C29H37N7O/c1-22-5-10-25(18-27(22)33-28-21-36(13-12-31-28)26-4-3-11-30-19-26)32-29(37)24-8-6-23(7-9-24)20-35-16-14-34(2)15-17-35/h3-11,18-19,28,31,33H,12-17,20-21H2,1-2H3,(H,32,37). The number of likely N-dealkylation sites (N-methyl/N-ethyl adjacent to an activating group) is 1. The molecule has 5 rings (SSSR count). The number of pyridine rings is 1. The van der Waals surface area contributed by atoms with Crippen molar-refractivity contribution in [2.24, 2.45) is 0 Å². The summed E-state index contributed by atoms with van der Waals surface area (Å²) in [6.07, 6.45) is 3.79. The van der Waals surface area contributed by atoms with Crippen molar-refractivity contribution < 1.29 is 4.79 Å². The molecule has 0 saturated carbocycles. The Morgan fingerprint density at radius 3 is 2.62 bits per heavy atom. The van der Waals surface area contributed by atoms with E-state index < -0.39 is 0 Å². The van der Waals surface area contributed by atoms with Gasteiger partial charge >= 0.3 is 0 Å². The zero-order chi connectivity index (χ0) is 25.6. The topological polar surface area (TPSA) is 75.8 Å². The first-order chi connectivity index (χ1) is 18.0. The van der Waals surface area contributed by atoms with Gasteiger partial charge in [-0.1, -0.05) is 18.2 Å². The fourth-order valence-electron chi connectivity index (χ4n) is 4.89. The molecule has 3 N–H and O–H groups in total. The molecule has 1 unspecified atom stereocenters. The molecule has 194 valence electrons. The summed E-state index contributed by atoms with van der Waals surface area (Å²) in [5, 5.41) is 10.2. The van der Waals surface area contributed by atoms with Gasteiger partial charge in [-0.05, 0) is 61.5 Å². The largest absolute Gasteiger partial charge is 0.368 e. The van der Waals surface area contributed by atoms with Crippen molar-refractivity contribution in [2.75, 3.05) is 68.4 Å². The van der Waals surface area contributed by atoms with Crippen LogP contribution in [0.3, 0.4) is 0 Å². The molecule has 0 aliphatic carbocycles. The zero-order valence-electron chi connectivity index (χ0n) is 21.8. The third kappa shape index (κ3) is 6.65.